The number of nitrogens with zero attached hydrogens (tertiary/aromatic N) is 2. The molecule has 0 spiro atoms. The van der Waals surface area contributed by atoms with Crippen molar-refractivity contribution < 1.29 is 0 Å². The molecule has 1 aromatic carbocycles. The molecule has 3 rings (SSSR count). The van der Waals surface area contributed by atoms with Gasteiger partial charge in [0.25, 0.3) is 0 Å². The second-order valence-electron chi connectivity index (χ2n) is 5.06. The van der Waals surface area contributed by atoms with Crippen LogP contribution in [0.3, 0.4) is 0 Å². The Labute approximate surface area is 112 Å². The zero-order valence-electron chi connectivity index (χ0n) is 11.2. The molecule has 19 heavy (non-hydrogen) atoms. The zero-order valence-corrected chi connectivity index (χ0v) is 11.2. The number of nitrogens with two attached hydrogens (primary N) is 1. The molecule has 0 bridgehead atoms. The molecule has 0 radical (unpaired) electrons. The Bertz CT molecular complexity index is 708. The van der Waals surface area contributed by atoms with Gasteiger partial charge in [0.2, 0.25) is 0 Å². The molecule has 1 unspecified atom stereocenters. The van der Waals surface area contributed by atoms with E-state index in [1.807, 2.05) is 24.0 Å². The van der Waals surface area contributed by atoms with E-state index in [4.69, 9.17) is 5.73 Å². The van der Waals surface area contributed by atoms with E-state index < -0.39 is 0 Å². The third kappa shape index (κ3) is 2.15. The molecule has 0 saturated heterocycles. The molecule has 0 saturated carbocycles. The minimum Gasteiger partial charge on any atom is -0.361 e. The maximum Gasteiger partial charge on any atom is 0.110 e. The van der Waals surface area contributed by atoms with E-state index in [0.717, 1.165) is 23.3 Å². The molecule has 98 valence electrons. The third-order valence-corrected chi connectivity index (χ3v) is 3.59. The van der Waals surface area contributed by atoms with Crippen molar-refractivity contribution in [1.82, 2.24) is 14.5 Å². The first-order valence-electron chi connectivity index (χ1n) is 6.44. The number of aromatic nitrogens is 3. The first kappa shape index (κ1) is 12.0. The number of aromatic amines is 1. The number of hydrogen-bond acceptors (Lipinski definition) is 2. The predicted octanol–water partition coefficient (Wildman–Crippen LogP) is 2.45. The van der Waals surface area contributed by atoms with Crippen LogP contribution in [0.1, 0.15) is 23.0 Å². The van der Waals surface area contributed by atoms with Crippen LogP contribution in [0.5, 0.6) is 0 Å². The molecule has 0 fully saturated rings. The van der Waals surface area contributed by atoms with Crippen LogP contribution in [0.25, 0.3) is 10.9 Å². The van der Waals surface area contributed by atoms with Crippen molar-refractivity contribution in [3.63, 3.8) is 0 Å². The standard InChI is InChI=1S/C15H18N4/c1-10-3-4-14-11(7-10)12(9-18-14)13(16)8-15-17-5-6-19(15)2/h3-7,9,13,18H,8,16H2,1-2H3. The number of aryl methyl sites for hydroxylation is 2. The highest BCUT2D eigenvalue weighted by molar-refractivity contribution is 5.84. The summed E-state index contributed by atoms with van der Waals surface area (Å²) < 4.78 is 2.01. The Morgan fingerprint density at radius 1 is 1.42 bits per heavy atom. The van der Waals surface area contributed by atoms with E-state index in [9.17, 15) is 0 Å². The van der Waals surface area contributed by atoms with Crippen LogP contribution in [0, 0.1) is 6.92 Å². The smallest absolute Gasteiger partial charge is 0.110 e. The molecule has 1 atom stereocenters. The average Bonchev–Trinajstić information content (AvgIpc) is 2.96. The molecule has 0 amide bonds. The lowest BCUT2D eigenvalue weighted by molar-refractivity contribution is 0.663. The lowest BCUT2D eigenvalue weighted by Crippen LogP contribution is -2.15. The van der Waals surface area contributed by atoms with Gasteiger partial charge in [-0.15, -0.1) is 0 Å². The van der Waals surface area contributed by atoms with Crippen LogP contribution in [-0.4, -0.2) is 14.5 Å². The van der Waals surface area contributed by atoms with E-state index in [-0.39, 0.29) is 6.04 Å². The number of benzene rings is 1. The van der Waals surface area contributed by atoms with Gasteiger partial charge in [-0.1, -0.05) is 11.6 Å². The summed E-state index contributed by atoms with van der Waals surface area (Å²) in [5, 5.41) is 1.21. The number of H-pyrrole nitrogens is 1. The van der Waals surface area contributed by atoms with Crippen LogP contribution in [0.4, 0.5) is 0 Å². The SMILES string of the molecule is Cc1ccc2[nH]cc(C(N)Cc3nccn3C)c2c1. The van der Waals surface area contributed by atoms with Crippen molar-refractivity contribution in [1.29, 1.82) is 0 Å². The highest BCUT2D eigenvalue weighted by Crippen LogP contribution is 2.25. The summed E-state index contributed by atoms with van der Waals surface area (Å²) in [6, 6.07) is 6.34. The fraction of sp³-hybridized carbons (Fsp3) is 0.267. The highest BCUT2D eigenvalue weighted by atomic mass is 15.0. The van der Waals surface area contributed by atoms with Crippen molar-refractivity contribution in [2.45, 2.75) is 19.4 Å². The van der Waals surface area contributed by atoms with Gasteiger partial charge in [-0.25, -0.2) is 4.98 Å². The summed E-state index contributed by atoms with van der Waals surface area (Å²) in [6.07, 6.45) is 6.50. The minimum atomic E-state index is -0.0448. The van der Waals surface area contributed by atoms with Gasteiger partial charge >= 0.3 is 0 Å². The highest BCUT2D eigenvalue weighted by Gasteiger charge is 2.14. The second kappa shape index (κ2) is 4.55. The van der Waals surface area contributed by atoms with Crippen LogP contribution >= 0.6 is 0 Å². The predicted molar refractivity (Wildman–Crippen MR) is 76.9 cm³/mol. The van der Waals surface area contributed by atoms with E-state index in [1.165, 1.54) is 10.9 Å². The number of imidazole rings is 1. The molecule has 3 aromatic rings. The van der Waals surface area contributed by atoms with Crippen molar-refractivity contribution in [2.75, 3.05) is 0 Å². The lowest BCUT2D eigenvalue weighted by atomic mass is 10.0. The molecule has 2 heterocycles. The summed E-state index contributed by atoms with van der Waals surface area (Å²) >= 11 is 0. The first-order valence-corrected chi connectivity index (χ1v) is 6.44. The molecule has 2 aromatic heterocycles. The number of nitrogens with one attached hydrogen (secondary N) is 1. The van der Waals surface area contributed by atoms with Gasteiger partial charge < -0.3 is 15.3 Å². The van der Waals surface area contributed by atoms with Crippen molar-refractivity contribution in [3.05, 3.63) is 53.7 Å². The van der Waals surface area contributed by atoms with Gasteiger partial charge in [0.05, 0.1) is 0 Å². The van der Waals surface area contributed by atoms with E-state index in [0.29, 0.717) is 0 Å². The van der Waals surface area contributed by atoms with Gasteiger partial charge in [0, 0.05) is 49.0 Å². The summed E-state index contributed by atoms with van der Waals surface area (Å²) in [4.78, 5) is 7.62. The molecular weight excluding hydrogens is 236 g/mol. The topological polar surface area (TPSA) is 59.6 Å². The van der Waals surface area contributed by atoms with Gasteiger partial charge in [-0.05, 0) is 24.6 Å². The molecule has 0 aliphatic carbocycles. The van der Waals surface area contributed by atoms with Crippen LogP contribution in [-0.2, 0) is 13.5 Å². The molecular formula is C15H18N4. The minimum absolute atomic E-state index is 0.0448. The van der Waals surface area contributed by atoms with E-state index >= 15 is 0 Å². The summed E-state index contributed by atoms with van der Waals surface area (Å²) in [5.74, 6) is 1.01. The molecule has 0 aliphatic rings. The quantitative estimate of drug-likeness (QED) is 0.754. The van der Waals surface area contributed by atoms with Crippen LogP contribution in [0.2, 0.25) is 0 Å². The van der Waals surface area contributed by atoms with Crippen molar-refractivity contribution >= 4 is 10.9 Å². The van der Waals surface area contributed by atoms with Gasteiger partial charge in [0.15, 0.2) is 0 Å². The number of fused-ring (bicyclic) bond motifs is 1. The fourth-order valence-electron chi connectivity index (χ4n) is 2.46. The van der Waals surface area contributed by atoms with Crippen molar-refractivity contribution in [2.24, 2.45) is 12.8 Å². The molecule has 0 aliphatic heterocycles. The third-order valence-electron chi connectivity index (χ3n) is 3.59. The van der Waals surface area contributed by atoms with Gasteiger partial charge in [-0.3, -0.25) is 0 Å². The summed E-state index contributed by atoms with van der Waals surface area (Å²) in [7, 11) is 1.99. The number of hydrogen-bond donors (Lipinski definition) is 2. The Morgan fingerprint density at radius 3 is 3.00 bits per heavy atom. The normalized spacial score (nSPS) is 13.0. The summed E-state index contributed by atoms with van der Waals surface area (Å²) in [5.41, 5.74) is 9.88. The molecule has 4 heteroatoms. The Hall–Kier alpha value is -2.07. The van der Waals surface area contributed by atoms with E-state index in [2.05, 4.69) is 35.1 Å². The molecule has 3 N–H and O–H groups in total. The first-order chi connectivity index (χ1) is 9.15. The van der Waals surface area contributed by atoms with E-state index in [1.54, 1.807) is 6.20 Å². The van der Waals surface area contributed by atoms with Crippen molar-refractivity contribution in [3.8, 4) is 0 Å². The molecule has 4 nitrogen and oxygen atoms in total. The van der Waals surface area contributed by atoms with Gasteiger partial charge in [0.1, 0.15) is 5.82 Å². The lowest BCUT2D eigenvalue weighted by Gasteiger charge is -2.11. The second-order valence-corrected chi connectivity index (χ2v) is 5.06. The zero-order chi connectivity index (χ0) is 13.4. The maximum atomic E-state index is 6.34. The van der Waals surface area contributed by atoms with Crippen LogP contribution in [0.15, 0.2) is 36.8 Å². The Kier molecular flexibility index (Phi) is 2.87. The summed E-state index contributed by atoms with van der Waals surface area (Å²) in [6.45, 7) is 2.10. The maximum absolute atomic E-state index is 6.34. The Morgan fingerprint density at radius 2 is 2.26 bits per heavy atom. The number of rotatable bonds is 3. The largest absolute Gasteiger partial charge is 0.361 e. The Balaban J connectivity index is 1.95. The van der Waals surface area contributed by atoms with Gasteiger partial charge in [-0.2, -0.15) is 0 Å². The average molecular weight is 254 g/mol. The monoisotopic (exact) mass is 254 g/mol. The fourth-order valence-corrected chi connectivity index (χ4v) is 2.46. The van der Waals surface area contributed by atoms with Crippen LogP contribution < -0.4 is 5.73 Å².